The van der Waals surface area contributed by atoms with Gasteiger partial charge >= 0.3 is 11.9 Å². The standard InChI is InChI=1S/C24H32O6/c1-14(2)24(28)11-10-23(5)13-20(29-16(4)25)15(3)12-19(21(23)24)30-22(27)17-6-8-18(26)9-7-17/h6-9,12,14,19-21,26,28H,10-11,13H2,1-5H3/t19-,20-,21?,23+,24+/m0/s1. The summed E-state index contributed by atoms with van der Waals surface area (Å²) < 4.78 is 11.5. The van der Waals surface area contributed by atoms with Crippen LogP contribution in [0, 0.1) is 17.3 Å². The number of ether oxygens (including phenoxy) is 2. The molecule has 3 rings (SSSR count). The van der Waals surface area contributed by atoms with Gasteiger partial charge in [0.05, 0.1) is 11.2 Å². The van der Waals surface area contributed by atoms with E-state index in [9.17, 15) is 19.8 Å². The Balaban J connectivity index is 2.01. The Kier molecular flexibility index (Phi) is 6.01. The monoisotopic (exact) mass is 416 g/mol. The number of phenolic OH excluding ortho intramolecular Hbond substituents is 1. The first-order valence-electron chi connectivity index (χ1n) is 10.5. The summed E-state index contributed by atoms with van der Waals surface area (Å²) in [4.78, 5) is 24.5. The zero-order valence-corrected chi connectivity index (χ0v) is 18.3. The molecule has 0 saturated heterocycles. The van der Waals surface area contributed by atoms with Gasteiger partial charge in [-0.2, -0.15) is 0 Å². The van der Waals surface area contributed by atoms with Crippen LogP contribution >= 0.6 is 0 Å². The second-order valence-corrected chi connectivity index (χ2v) is 9.41. The molecule has 1 fully saturated rings. The van der Waals surface area contributed by atoms with Crippen LogP contribution in [0.1, 0.15) is 64.2 Å². The Hall–Kier alpha value is -2.34. The van der Waals surface area contributed by atoms with Crippen molar-refractivity contribution in [1.29, 1.82) is 0 Å². The van der Waals surface area contributed by atoms with Crippen LogP contribution in [0.15, 0.2) is 35.9 Å². The molecule has 0 amide bonds. The fourth-order valence-electron chi connectivity index (χ4n) is 5.23. The first-order chi connectivity index (χ1) is 14.0. The second-order valence-electron chi connectivity index (χ2n) is 9.41. The third-order valence-corrected chi connectivity index (χ3v) is 6.96. The van der Waals surface area contributed by atoms with Gasteiger partial charge in [0.2, 0.25) is 0 Å². The molecule has 6 nitrogen and oxygen atoms in total. The van der Waals surface area contributed by atoms with Gasteiger partial charge in [0.15, 0.2) is 0 Å². The van der Waals surface area contributed by atoms with Gasteiger partial charge in [0.25, 0.3) is 0 Å². The van der Waals surface area contributed by atoms with E-state index in [2.05, 4.69) is 6.92 Å². The average molecular weight is 417 g/mol. The number of aromatic hydroxyl groups is 1. The Labute approximate surface area is 177 Å². The molecule has 0 aromatic heterocycles. The largest absolute Gasteiger partial charge is 0.508 e. The third-order valence-electron chi connectivity index (χ3n) is 6.96. The SMILES string of the molecule is CC(=O)O[C@H]1C[C@@]2(C)CC[C@@](O)(C(C)C)C2[C@@H](OC(=O)c2ccc(O)cc2)C=C1C. The maximum atomic E-state index is 12.9. The molecule has 1 aromatic rings. The molecule has 0 radical (unpaired) electrons. The van der Waals surface area contributed by atoms with Gasteiger partial charge in [-0.3, -0.25) is 4.79 Å². The van der Waals surface area contributed by atoms with Gasteiger partial charge in [0, 0.05) is 12.8 Å². The zero-order valence-electron chi connectivity index (χ0n) is 18.3. The number of hydrogen-bond acceptors (Lipinski definition) is 6. The summed E-state index contributed by atoms with van der Waals surface area (Å²) in [6, 6.07) is 5.89. The van der Waals surface area contributed by atoms with Crippen molar-refractivity contribution in [3.05, 3.63) is 41.5 Å². The molecule has 0 aliphatic heterocycles. The van der Waals surface area contributed by atoms with Crippen molar-refractivity contribution in [1.82, 2.24) is 0 Å². The molecule has 30 heavy (non-hydrogen) atoms. The number of carbonyl (C=O) groups excluding carboxylic acids is 2. The van der Waals surface area contributed by atoms with Crippen LogP contribution in [-0.2, 0) is 14.3 Å². The van der Waals surface area contributed by atoms with Crippen LogP contribution in [0.3, 0.4) is 0 Å². The molecule has 164 valence electrons. The maximum absolute atomic E-state index is 12.9. The van der Waals surface area contributed by atoms with Gasteiger partial charge in [-0.05, 0) is 73.4 Å². The van der Waals surface area contributed by atoms with E-state index in [0.717, 1.165) is 12.0 Å². The van der Waals surface area contributed by atoms with Crippen LogP contribution in [0.2, 0.25) is 0 Å². The smallest absolute Gasteiger partial charge is 0.338 e. The molecule has 0 spiro atoms. The van der Waals surface area contributed by atoms with Crippen molar-refractivity contribution in [3.63, 3.8) is 0 Å². The van der Waals surface area contributed by atoms with Crippen LogP contribution in [0.25, 0.3) is 0 Å². The average Bonchev–Trinajstić information content (AvgIpc) is 2.87. The Morgan fingerprint density at radius 2 is 1.77 bits per heavy atom. The highest BCUT2D eigenvalue weighted by Gasteiger charge is 2.60. The van der Waals surface area contributed by atoms with E-state index in [4.69, 9.17) is 9.47 Å². The second kappa shape index (κ2) is 8.06. The lowest BCUT2D eigenvalue weighted by atomic mass is 9.67. The lowest BCUT2D eigenvalue weighted by Crippen LogP contribution is -2.50. The number of benzene rings is 1. The number of rotatable bonds is 4. The molecule has 1 unspecified atom stereocenters. The van der Waals surface area contributed by atoms with Crippen LogP contribution in [0.4, 0.5) is 0 Å². The summed E-state index contributed by atoms with van der Waals surface area (Å²) in [6.07, 6.45) is 2.67. The fraction of sp³-hybridized carbons (Fsp3) is 0.583. The fourth-order valence-corrected chi connectivity index (χ4v) is 5.23. The predicted molar refractivity (Wildman–Crippen MR) is 112 cm³/mol. The number of hydrogen-bond donors (Lipinski definition) is 2. The Morgan fingerprint density at radius 3 is 2.33 bits per heavy atom. The quantitative estimate of drug-likeness (QED) is 0.569. The van der Waals surface area contributed by atoms with E-state index in [1.807, 2.05) is 26.8 Å². The van der Waals surface area contributed by atoms with Crippen molar-refractivity contribution >= 4 is 11.9 Å². The number of aliphatic hydroxyl groups is 1. The topological polar surface area (TPSA) is 93.1 Å². The van der Waals surface area contributed by atoms with Gasteiger partial charge in [-0.1, -0.05) is 20.8 Å². The minimum Gasteiger partial charge on any atom is -0.508 e. The summed E-state index contributed by atoms with van der Waals surface area (Å²) in [5.41, 5.74) is -0.230. The minimum atomic E-state index is -1.00. The molecule has 1 aromatic carbocycles. The molecule has 0 heterocycles. The normalized spacial score (nSPS) is 33.4. The highest BCUT2D eigenvalue weighted by Crippen LogP contribution is 2.58. The first-order valence-corrected chi connectivity index (χ1v) is 10.5. The highest BCUT2D eigenvalue weighted by molar-refractivity contribution is 5.89. The summed E-state index contributed by atoms with van der Waals surface area (Å²) in [7, 11) is 0. The first kappa shape index (κ1) is 22.3. The molecule has 2 aliphatic carbocycles. The molecular formula is C24H32O6. The van der Waals surface area contributed by atoms with E-state index in [1.54, 1.807) is 0 Å². The van der Waals surface area contributed by atoms with Crippen molar-refractivity contribution < 1.29 is 29.3 Å². The Morgan fingerprint density at radius 1 is 1.13 bits per heavy atom. The lowest BCUT2D eigenvalue weighted by Gasteiger charge is -2.43. The van der Waals surface area contributed by atoms with E-state index in [-0.39, 0.29) is 29.0 Å². The van der Waals surface area contributed by atoms with Crippen molar-refractivity contribution in [2.75, 3.05) is 0 Å². The molecule has 0 bridgehead atoms. The van der Waals surface area contributed by atoms with E-state index >= 15 is 0 Å². The van der Waals surface area contributed by atoms with Crippen LogP contribution < -0.4 is 0 Å². The lowest BCUT2D eigenvalue weighted by molar-refractivity contribution is -0.147. The molecular weight excluding hydrogens is 384 g/mol. The van der Waals surface area contributed by atoms with Gasteiger partial charge < -0.3 is 19.7 Å². The van der Waals surface area contributed by atoms with E-state index in [0.29, 0.717) is 18.4 Å². The molecule has 5 atom stereocenters. The van der Waals surface area contributed by atoms with E-state index in [1.165, 1.54) is 31.2 Å². The van der Waals surface area contributed by atoms with Gasteiger partial charge in [0.1, 0.15) is 18.0 Å². The third kappa shape index (κ3) is 4.10. The maximum Gasteiger partial charge on any atom is 0.338 e. The number of carbonyl (C=O) groups is 2. The zero-order chi connectivity index (χ0) is 22.3. The van der Waals surface area contributed by atoms with Crippen LogP contribution in [-0.4, -0.2) is 40.0 Å². The Bertz CT molecular complexity index is 842. The van der Waals surface area contributed by atoms with Gasteiger partial charge in [-0.15, -0.1) is 0 Å². The molecule has 1 saturated carbocycles. The summed E-state index contributed by atoms with van der Waals surface area (Å²) in [5, 5.41) is 21.1. The summed E-state index contributed by atoms with van der Waals surface area (Å²) >= 11 is 0. The van der Waals surface area contributed by atoms with Crippen molar-refractivity contribution in [2.45, 2.75) is 71.7 Å². The summed E-state index contributed by atoms with van der Waals surface area (Å²) in [5.74, 6) is -1.17. The number of fused-ring (bicyclic) bond motifs is 1. The van der Waals surface area contributed by atoms with Crippen molar-refractivity contribution in [3.8, 4) is 5.75 Å². The molecule has 6 heteroatoms. The van der Waals surface area contributed by atoms with E-state index < -0.39 is 23.8 Å². The summed E-state index contributed by atoms with van der Waals surface area (Å²) in [6.45, 7) is 9.31. The molecule has 2 aliphatic rings. The number of esters is 2. The van der Waals surface area contributed by atoms with Crippen LogP contribution in [0.5, 0.6) is 5.75 Å². The molecule has 2 N–H and O–H groups in total. The minimum absolute atomic E-state index is 0.0295. The van der Waals surface area contributed by atoms with Gasteiger partial charge in [-0.25, -0.2) is 4.79 Å². The predicted octanol–water partition coefficient (Wildman–Crippen LogP) is 4.00. The highest BCUT2D eigenvalue weighted by atomic mass is 16.5. The van der Waals surface area contributed by atoms with Crippen molar-refractivity contribution in [2.24, 2.45) is 17.3 Å². The number of phenols is 1.